The summed E-state index contributed by atoms with van der Waals surface area (Å²) >= 11 is 0. The lowest BCUT2D eigenvalue weighted by molar-refractivity contribution is -0.180. The predicted molar refractivity (Wildman–Crippen MR) is 152 cm³/mol. The van der Waals surface area contributed by atoms with E-state index in [4.69, 9.17) is 4.74 Å². The molecule has 0 aromatic heterocycles. The van der Waals surface area contributed by atoms with Gasteiger partial charge in [-0.25, -0.2) is 0 Å². The smallest absolute Gasteiger partial charge is 0.180 e. The van der Waals surface area contributed by atoms with Crippen LogP contribution < -0.4 is 0 Å². The van der Waals surface area contributed by atoms with E-state index in [1.807, 2.05) is 40.7 Å². The zero-order chi connectivity index (χ0) is 28.2. The number of allylic oxidation sites excluding steroid dienone is 8. The molecule has 4 nitrogen and oxygen atoms in total. The summed E-state index contributed by atoms with van der Waals surface area (Å²) in [7, 11) is 0. The third-order valence-electron chi connectivity index (χ3n) is 8.37. The highest BCUT2D eigenvalue weighted by Gasteiger charge is 2.74. The topological polar surface area (TPSA) is 60.4 Å². The zero-order valence-electron chi connectivity index (χ0n) is 24.6. The second-order valence-electron chi connectivity index (χ2n) is 12.3. The molecule has 0 aromatic carbocycles. The van der Waals surface area contributed by atoms with Crippen LogP contribution in [0.5, 0.6) is 0 Å². The Hall–Kier alpha value is -2.49. The first-order chi connectivity index (χ1) is 17.2. The highest BCUT2D eigenvalue weighted by molar-refractivity contribution is 6.32. The average molecular weight is 509 g/mol. The van der Waals surface area contributed by atoms with E-state index >= 15 is 0 Å². The van der Waals surface area contributed by atoms with Gasteiger partial charge >= 0.3 is 0 Å². The van der Waals surface area contributed by atoms with Crippen molar-refractivity contribution in [1.29, 1.82) is 0 Å². The van der Waals surface area contributed by atoms with Crippen LogP contribution in [0, 0.1) is 28.1 Å². The van der Waals surface area contributed by atoms with Crippen LogP contribution >= 0.6 is 0 Å². The molecule has 4 atom stereocenters. The molecule has 0 unspecified atom stereocenters. The van der Waals surface area contributed by atoms with Gasteiger partial charge in [-0.3, -0.25) is 14.4 Å². The van der Waals surface area contributed by atoms with Gasteiger partial charge in [0.1, 0.15) is 12.4 Å². The molecule has 204 valence electrons. The number of rotatable bonds is 12. The lowest BCUT2D eigenvalue weighted by Crippen LogP contribution is -2.70. The second-order valence-corrected chi connectivity index (χ2v) is 12.3. The fourth-order valence-electron chi connectivity index (χ4n) is 6.34. The first-order valence-corrected chi connectivity index (χ1v) is 13.7. The lowest BCUT2D eigenvalue weighted by atomic mass is 9.39. The van der Waals surface area contributed by atoms with Gasteiger partial charge in [-0.05, 0) is 85.0 Å². The molecular formula is C33H48O4. The van der Waals surface area contributed by atoms with E-state index in [0.29, 0.717) is 37.9 Å². The molecule has 2 aliphatic carbocycles. The highest BCUT2D eigenvalue weighted by Crippen LogP contribution is 2.66. The SMILES string of the molecule is C=CCOC1=CC(=O)[C@]2(C(=O)C(C)C)C(=O)[C@@]1(CC=C(C)C)C[C@@H](CC=C(C)C)[C@]2(C)CCC=C(C)C. The van der Waals surface area contributed by atoms with Crippen molar-refractivity contribution in [2.75, 3.05) is 6.61 Å². The van der Waals surface area contributed by atoms with E-state index in [9.17, 15) is 14.4 Å². The van der Waals surface area contributed by atoms with E-state index in [2.05, 4.69) is 32.6 Å². The molecule has 2 bridgehead atoms. The molecule has 1 saturated carbocycles. The Kier molecular flexibility index (Phi) is 9.90. The summed E-state index contributed by atoms with van der Waals surface area (Å²) in [5, 5.41) is 0. The molecule has 0 amide bonds. The first kappa shape index (κ1) is 30.7. The van der Waals surface area contributed by atoms with E-state index in [-0.39, 0.29) is 24.1 Å². The van der Waals surface area contributed by atoms with E-state index in [1.165, 1.54) is 17.2 Å². The minimum Gasteiger partial charge on any atom is -0.493 e. The average Bonchev–Trinajstić information content (AvgIpc) is 2.79. The molecule has 2 aliphatic rings. The fourth-order valence-corrected chi connectivity index (χ4v) is 6.34. The summed E-state index contributed by atoms with van der Waals surface area (Å²) in [5.74, 6) is -1.06. The first-order valence-electron chi connectivity index (χ1n) is 13.7. The van der Waals surface area contributed by atoms with Gasteiger partial charge in [0.05, 0.1) is 5.41 Å². The van der Waals surface area contributed by atoms with Gasteiger partial charge in [-0.1, -0.05) is 68.4 Å². The van der Waals surface area contributed by atoms with Crippen LogP contribution in [0.15, 0.2) is 59.4 Å². The molecule has 0 spiro atoms. The van der Waals surface area contributed by atoms with Crippen LogP contribution in [-0.4, -0.2) is 24.0 Å². The quantitative estimate of drug-likeness (QED) is 0.198. The maximum absolute atomic E-state index is 14.9. The van der Waals surface area contributed by atoms with Gasteiger partial charge in [-0.15, -0.1) is 0 Å². The Labute approximate surface area is 225 Å². The molecule has 2 rings (SSSR count). The number of Topliss-reactive ketones (excluding diaryl/α,β-unsaturated/α-hetero) is 2. The maximum atomic E-state index is 14.9. The zero-order valence-corrected chi connectivity index (χ0v) is 24.6. The number of carbonyl (C=O) groups is 3. The largest absolute Gasteiger partial charge is 0.493 e. The highest BCUT2D eigenvalue weighted by atomic mass is 16.5. The van der Waals surface area contributed by atoms with E-state index in [1.54, 1.807) is 19.9 Å². The van der Waals surface area contributed by atoms with Crippen molar-refractivity contribution in [3.8, 4) is 0 Å². The van der Waals surface area contributed by atoms with Crippen molar-refractivity contribution < 1.29 is 19.1 Å². The van der Waals surface area contributed by atoms with Crippen LogP contribution in [0.25, 0.3) is 0 Å². The molecule has 0 heterocycles. The van der Waals surface area contributed by atoms with Crippen LogP contribution in [0.1, 0.15) is 94.4 Å². The van der Waals surface area contributed by atoms with Gasteiger partial charge in [0.15, 0.2) is 22.8 Å². The Morgan fingerprint density at radius 3 is 2.16 bits per heavy atom. The summed E-state index contributed by atoms with van der Waals surface area (Å²) in [4.78, 5) is 43.5. The van der Waals surface area contributed by atoms with Gasteiger partial charge in [0, 0.05) is 12.0 Å². The third-order valence-corrected chi connectivity index (χ3v) is 8.37. The Bertz CT molecular complexity index is 1040. The Morgan fingerprint density at radius 1 is 1.05 bits per heavy atom. The lowest BCUT2D eigenvalue weighted by Gasteiger charge is -2.60. The van der Waals surface area contributed by atoms with Gasteiger partial charge < -0.3 is 4.74 Å². The standard InChI is InChI=1S/C33H48O4/c1-11-19-37-28-20-27(34)33(29(35)25(8)9)30(36)32(28,18-16-24(6)7)21-26(15-14-23(4)5)31(33,10)17-12-13-22(2)3/h11,13-14,16,20,25-26H,1,12,15,17-19,21H2,2-10H3/t26-,31+,32+,33+/m1/s1. The van der Waals surface area contributed by atoms with Crippen LogP contribution in [0.4, 0.5) is 0 Å². The number of hydrogen-bond donors (Lipinski definition) is 0. The number of ketones is 3. The monoisotopic (exact) mass is 508 g/mol. The Balaban J connectivity index is 2.98. The molecular weight excluding hydrogens is 460 g/mol. The van der Waals surface area contributed by atoms with Crippen molar-refractivity contribution in [1.82, 2.24) is 0 Å². The van der Waals surface area contributed by atoms with E-state index < -0.39 is 27.9 Å². The predicted octanol–water partition coefficient (Wildman–Crippen LogP) is 7.91. The van der Waals surface area contributed by atoms with Gasteiger partial charge in [0.2, 0.25) is 0 Å². The van der Waals surface area contributed by atoms with Crippen molar-refractivity contribution in [3.05, 3.63) is 59.4 Å². The van der Waals surface area contributed by atoms with Crippen molar-refractivity contribution in [2.45, 2.75) is 94.4 Å². The van der Waals surface area contributed by atoms with Crippen molar-refractivity contribution >= 4 is 17.3 Å². The van der Waals surface area contributed by atoms with Gasteiger partial charge in [0.25, 0.3) is 0 Å². The molecule has 1 fully saturated rings. The Morgan fingerprint density at radius 2 is 1.65 bits per heavy atom. The molecule has 0 saturated heterocycles. The molecule has 0 N–H and O–H groups in total. The number of ether oxygens (including phenoxy) is 1. The minimum atomic E-state index is -1.73. The number of hydrogen-bond acceptors (Lipinski definition) is 4. The molecule has 0 radical (unpaired) electrons. The van der Waals surface area contributed by atoms with E-state index in [0.717, 1.165) is 5.57 Å². The summed E-state index contributed by atoms with van der Waals surface area (Å²) in [6, 6.07) is 0. The minimum absolute atomic E-state index is 0.0566. The van der Waals surface area contributed by atoms with Crippen LogP contribution in [-0.2, 0) is 19.1 Å². The molecule has 37 heavy (non-hydrogen) atoms. The summed E-state index contributed by atoms with van der Waals surface area (Å²) in [6.07, 6.45) is 12.4. The summed E-state index contributed by atoms with van der Waals surface area (Å²) in [5.41, 5.74) is -0.166. The normalized spacial score (nSPS) is 28.8. The fraction of sp³-hybridized carbons (Fsp3) is 0.606. The van der Waals surface area contributed by atoms with Crippen LogP contribution in [0.3, 0.4) is 0 Å². The maximum Gasteiger partial charge on any atom is 0.180 e. The molecule has 0 aliphatic heterocycles. The van der Waals surface area contributed by atoms with Crippen molar-refractivity contribution in [2.24, 2.45) is 28.1 Å². The third kappa shape index (κ3) is 5.54. The summed E-state index contributed by atoms with van der Waals surface area (Å²) in [6.45, 7) is 21.8. The number of fused-ring (bicyclic) bond motifs is 2. The second kappa shape index (κ2) is 11.9. The number of carbonyl (C=O) groups excluding carboxylic acids is 3. The van der Waals surface area contributed by atoms with Crippen LogP contribution in [0.2, 0.25) is 0 Å². The molecule has 4 heteroatoms. The summed E-state index contributed by atoms with van der Waals surface area (Å²) < 4.78 is 6.07. The van der Waals surface area contributed by atoms with Crippen molar-refractivity contribution in [3.63, 3.8) is 0 Å². The molecule has 0 aromatic rings. The van der Waals surface area contributed by atoms with Gasteiger partial charge in [-0.2, -0.15) is 0 Å².